The Balaban J connectivity index is 1.61. The zero-order chi connectivity index (χ0) is 16.2. The number of benzene rings is 1. The largest absolute Gasteiger partial charge is 0.491 e. The number of imidazole rings is 1. The molecule has 0 saturated carbocycles. The molecule has 1 N–H and O–H groups in total. The molecule has 3 rings (SSSR count). The molecule has 0 radical (unpaired) electrons. The van der Waals surface area contributed by atoms with Crippen LogP contribution in [-0.4, -0.2) is 28.4 Å². The van der Waals surface area contributed by atoms with Crippen LogP contribution in [0, 0.1) is 6.92 Å². The highest BCUT2D eigenvalue weighted by atomic mass is 35.5. The van der Waals surface area contributed by atoms with E-state index in [0.29, 0.717) is 24.5 Å². The fraction of sp³-hybridized carbons (Fsp3) is 0.176. The molecule has 2 aromatic heterocycles. The molecule has 0 bridgehead atoms. The van der Waals surface area contributed by atoms with E-state index in [2.05, 4.69) is 10.3 Å². The Morgan fingerprint density at radius 2 is 2.04 bits per heavy atom. The van der Waals surface area contributed by atoms with Gasteiger partial charge in [-0.25, -0.2) is 4.98 Å². The van der Waals surface area contributed by atoms with Gasteiger partial charge in [0.25, 0.3) is 5.91 Å². The molecule has 0 spiro atoms. The van der Waals surface area contributed by atoms with Gasteiger partial charge >= 0.3 is 0 Å². The molecule has 2 heterocycles. The first-order valence-corrected chi connectivity index (χ1v) is 7.64. The van der Waals surface area contributed by atoms with E-state index in [1.54, 1.807) is 16.7 Å². The van der Waals surface area contributed by atoms with E-state index in [4.69, 9.17) is 16.3 Å². The maximum atomic E-state index is 12.3. The van der Waals surface area contributed by atoms with Crippen LogP contribution in [0.3, 0.4) is 0 Å². The molecular weight excluding hydrogens is 314 g/mol. The van der Waals surface area contributed by atoms with Crippen molar-refractivity contribution in [1.82, 2.24) is 14.7 Å². The van der Waals surface area contributed by atoms with Crippen molar-refractivity contribution in [2.75, 3.05) is 13.2 Å². The van der Waals surface area contributed by atoms with Crippen LogP contribution >= 0.6 is 11.6 Å². The monoisotopic (exact) mass is 329 g/mol. The van der Waals surface area contributed by atoms with Crippen LogP contribution < -0.4 is 10.1 Å². The summed E-state index contributed by atoms with van der Waals surface area (Å²) in [7, 11) is 0. The van der Waals surface area contributed by atoms with Crippen LogP contribution in [0.25, 0.3) is 5.65 Å². The van der Waals surface area contributed by atoms with Gasteiger partial charge in [0.1, 0.15) is 18.0 Å². The van der Waals surface area contributed by atoms with Crippen LogP contribution in [0.4, 0.5) is 0 Å². The number of hydrogen-bond acceptors (Lipinski definition) is 3. The molecule has 0 fully saturated rings. The molecule has 0 aliphatic carbocycles. The van der Waals surface area contributed by atoms with E-state index in [9.17, 15) is 4.79 Å². The number of rotatable bonds is 5. The van der Waals surface area contributed by atoms with Crippen LogP contribution in [0.2, 0.25) is 5.15 Å². The summed E-state index contributed by atoms with van der Waals surface area (Å²) in [6.45, 7) is 2.74. The van der Waals surface area contributed by atoms with Gasteiger partial charge in [0.2, 0.25) is 0 Å². The van der Waals surface area contributed by atoms with Crippen molar-refractivity contribution >= 4 is 23.2 Å². The summed E-state index contributed by atoms with van der Waals surface area (Å²) in [4.78, 5) is 16.5. The molecule has 6 heteroatoms. The second kappa shape index (κ2) is 6.71. The minimum absolute atomic E-state index is 0.188. The van der Waals surface area contributed by atoms with Gasteiger partial charge in [-0.15, -0.1) is 0 Å². The molecule has 0 atom stereocenters. The smallest absolute Gasteiger partial charge is 0.271 e. The SMILES string of the molecule is Cc1ccccc1OCCNC(=O)c1c(Cl)nc2ccccn12. The Hall–Kier alpha value is -2.53. The van der Waals surface area contributed by atoms with Gasteiger partial charge in [-0.05, 0) is 30.7 Å². The minimum atomic E-state index is -0.276. The molecule has 0 aliphatic rings. The van der Waals surface area contributed by atoms with Gasteiger partial charge in [0.15, 0.2) is 10.8 Å². The molecule has 5 nitrogen and oxygen atoms in total. The third-order valence-corrected chi connectivity index (χ3v) is 3.70. The maximum Gasteiger partial charge on any atom is 0.271 e. The van der Waals surface area contributed by atoms with Gasteiger partial charge in [-0.3, -0.25) is 9.20 Å². The molecule has 1 amide bonds. The lowest BCUT2D eigenvalue weighted by molar-refractivity contribution is 0.0941. The predicted molar refractivity (Wildman–Crippen MR) is 89.2 cm³/mol. The Morgan fingerprint density at radius 1 is 1.26 bits per heavy atom. The Kier molecular flexibility index (Phi) is 4.48. The van der Waals surface area contributed by atoms with E-state index in [1.807, 2.05) is 43.3 Å². The second-order valence-corrected chi connectivity index (χ2v) is 5.41. The highest BCUT2D eigenvalue weighted by Gasteiger charge is 2.17. The predicted octanol–water partition coefficient (Wildman–Crippen LogP) is 3.10. The molecule has 0 unspecified atom stereocenters. The first-order valence-electron chi connectivity index (χ1n) is 7.26. The molecule has 23 heavy (non-hydrogen) atoms. The number of hydrogen-bond donors (Lipinski definition) is 1. The number of aryl methyl sites for hydroxylation is 1. The zero-order valence-electron chi connectivity index (χ0n) is 12.6. The summed E-state index contributed by atoms with van der Waals surface area (Å²) in [6, 6.07) is 13.2. The van der Waals surface area contributed by atoms with Gasteiger partial charge in [0.05, 0.1) is 6.54 Å². The Morgan fingerprint density at radius 3 is 2.87 bits per heavy atom. The summed E-state index contributed by atoms with van der Waals surface area (Å²) < 4.78 is 7.32. The third kappa shape index (κ3) is 3.29. The lowest BCUT2D eigenvalue weighted by atomic mass is 10.2. The van der Waals surface area contributed by atoms with Crippen molar-refractivity contribution in [2.45, 2.75) is 6.92 Å². The number of halogens is 1. The van der Waals surface area contributed by atoms with Crippen LogP contribution in [-0.2, 0) is 0 Å². The normalized spacial score (nSPS) is 10.7. The average Bonchev–Trinajstić information content (AvgIpc) is 2.88. The van der Waals surface area contributed by atoms with Crippen LogP contribution in [0.15, 0.2) is 48.7 Å². The molecule has 1 aromatic carbocycles. The van der Waals surface area contributed by atoms with E-state index in [0.717, 1.165) is 11.3 Å². The number of ether oxygens (including phenoxy) is 1. The van der Waals surface area contributed by atoms with Gasteiger partial charge in [0, 0.05) is 6.20 Å². The van der Waals surface area contributed by atoms with Crippen molar-refractivity contribution in [2.24, 2.45) is 0 Å². The van der Waals surface area contributed by atoms with E-state index < -0.39 is 0 Å². The molecule has 0 saturated heterocycles. The average molecular weight is 330 g/mol. The van der Waals surface area contributed by atoms with Crippen LogP contribution in [0.1, 0.15) is 16.1 Å². The first kappa shape index (κ1) is 15.4. The van der Waals surface area contributed by atoms with Crippen molar-refractivity contribution < 1.29 is 9.53 Å². The summed E-state index contributed by atoms with van der Waals surface area (Å²) in [5, 5.41) is 2.99. The number of aromatic nitrogens is 2. The Bertz CT molecular complexity index is 845. The highest BCUT2D eigenvalue weighted by Crippen LogP contribution is 2.17. The van der Waals surface area contributed by atoms with Crippen molar-refractivity contribution in [3.05, 3.63) is 65.1 Å². The number of fused-ring (bicyclic) bond motifs is 1. The molecular formula is C17H16ClN3O2. The fourth-order valence-corrected chi connectivity index (χ4v) is 2.56. The lowest BCUT2D eigenvalue weighted by Crippen LogP contribution is -2.29. The summed E-state index contributed by atoms with van der Waals surface area (Å²) in [6.07, 6.45) is 1.76. The number of para-hydroxylation sites is 1. The number of nitrogens with one attached hydrogen (secondary N) is 1. The summed E-state index contributed by atoms with van der Waals surface area (Å²) >= 11 is 6.07. The highest BCUT2D eigenvalue weighted by molar-refractivity contribution is 6.32. The second-order valence-electron chi connectivity index (χ2n) is 5.05. The molecule has 3 aromatic rings. The Labute approximate surface area is 138 Å². The standard InChI is InChI=1S/C17H16ClN3O2/c1-12-6-2-3-7-13(12)23-11-9-19-17(22)15-16(18)20-14-8-4-5-10-21(14)15/h2-8,10H,9,11H2,1H3,(H,19,22). The number of carbonyl (C=O) groups is 1. The first-order chi connectivity index (χ1) is 11.2. The van der Waals surface area contributed by atoms with Crippen molar-refractivity contribution in [3.63, 3.8) is 0 Å². The number of carbonyl (C=O) groups excluding carboxylic acids is 1. The summed E-state index contributed by atoms with van der Waals surface area (Å²) in [5.74, 6) is 0.539. The number of pyridine rings is 1. The van der Waals surface area contributed by atoms with Crippen LogP contribution in [0.5, 0.6) is 5.75 Å². The van der Waals surface area contributed by atoms with Gasteiger partial charge in [-0.2, -0.15) is 0 Å². The number of nitrogens with zero attached hydrogens (tertiary/aromatic N) is 2. The van der Waals surface area contributed by atoms with Crippen molar-refractivity contribution in [3.8, 4) is 5.75 Å². The molecule has 0 aliphatic heterocycles. The van der Waals surface area contributed by atoms with Gasteiger partial charge < -0.3 is 10.1 Å². The van der Waals surface area contributed by atoms with Crippen molar-refractivity contribution in [1.29, 1.82) is 0 Å². The quantitative estimate of drug-likeness (QED) is 0.732. The topological polar surface area (TPSA) is 55.6 Å². The molecule has 118 valence electrons. The fourth-order valence-electron chi connectivity index (χ4n) is 2.30. The lowest BCUT2D eigenvalue weighted by Gasteiger charge is -2.09. The minimum Gasteiger partial charge on any atom is -0.491 e. The van der Waals surface area contributed by atoms with E-state index >= 15 is 0 Å². The van der Waals surface area contributed by atoms with E-state index in [1.165, 1.54) is 0 Å². The zero-order valence-corrected chi connectivity index (χ0v) is 13.4. The number of amides is 1. The summed E-state index contributed by atoms with van der Waals surface area (Å²) in [5.41, 5.74) is 2.03. The maximum absolute atomic E-state index is 12.3. The van der Waals surface area contributed by atoms with Gasteiger partial charge in [-0.1, -0.05) is 35.9 Å². The van der Waals surface area contributed by atoms with E-state index in [-0.39, 0.29) is 11.1 Å². The third-order valence-electron chi connectivity index (χ3n) is 3.44.